The van der Waals surface area contributed by atoms with E-state index in [0.29, 0.717) is 16.5 Å². The number of nitrogens with zero attached hydrogens (tertiary/aromatic N) is 4. The number of nitrogens with one attached hydrogen (secondary N) is 1. The average molecular weight is 264 g/mol. The molecule has 0 saturated carbocycles. The molecule has 1 amide bonds. The number of amides is 1. The largest absolute Gasteiger partial charge is 0.399 e. The monoisotopic (exact) mass is 264 g/mol. The molecule has 0 aliphatic rings. The van der Waals surface area contributed by atoms with Gasteiger partial charge in [-0.15, -0.1) is 5.10 Å². The highest BCUT2D eigenvalue weighted by Gasteiger charge is 2.07. The van der Waals surface area contributed by atoms with Crippen LogP contribution in [0, 0.1) is 0 Å². The fraction of sp³-hybridized carbons (Fsp3) is 0.200. The van der Waals surface area contributed by atoms with Crippen LogP contribution >= 0.6 is 11.8 Å². The Morgan fingerprint density at radius 1 is 1.44 bits per heavy atom. The van der Waals surface area contributed by atoms with Crippen molar-refractivity contribution in [1.29, 1.82) is 0 Å². The number of aromatic nitrogens is 4. The molecule has 0 saturated heterocycles. The highest BCUT2D eigenvalue weighted by Crippen LogP contribution is 2.14. The molecule has 0 unspecified atom stereocenters. The maximum atomic E-state index is 11.7. The summed E-state index contributed by atoms with van der Waals surface area (Å²) in [5.74, 6) is 0.131. The maximum absolute atomic E-state index is 11.7. The first-order chi connectivity index (χ1) is 8.65. The molecule has 0 aliphatic heterocycles. The van der Waals surface area contributed by atoms with Gasteiger partial charge in [-0.05, 0) is 34.7 Å². The van der Waals surface area contributed by atoms with Gasteiger partial charge in [-0.2, -0.15) is 0 Å². The van der Waals surface area contributed by atoms with Crippen molar-refractivity contribution in [3.63, 3.8) is 0 Å². The van der Waals surface area contributed by atoms with E-state index in [1.165, 1.54) is 16.4 Å². The van der Waals surface area contributed by atoms with E-state index in [2.05, 4.69) is 20.8 Å². The first-order valence-electron chi connectivity index (χ1n) is 5.15. The third-order valence-corrected chi connectivity index (χ3v) is 3.12. The third-order valence-electron chi connectivity index (χ3n) is 2.11. The second kappa shape index (κ2) is 5.50. The van der Waals surface area contributed by atoms with Crippen LogP contribution < -0.4 is 11.1 Å². The Balaban J connectivity index is 1.86. The molecule has 0 fully saturated rings. The van der Waals surface area contributed by atoms with E-state index in [1.807, 2.05) is 0 Å². The fourth-order valence-electron chi connectivity index (χ4n) is 1.24. The molecule has 1 heterocycles. The van der Waals surface area contributed by atoms with Crippen molar-refractivity contribution < 1.29 is 4.79 Å². The molecule has 94 valence electrons. The molecule has 18 heavy (non-hydrogen) atoms. The summed E-state index contributed by atoms with van der Waals surface area (Å²) in [7, 11) is 1.72. The number of benzene rings is 1. The second-order valence-electron chi connectivity index (χ2n) is 3.54. The number of tetrazole rings is 1. The van der Waals surface area contributed by atoms with Crippen molar-refractivity contribution in [3.8, 4) is 0 Å². The van der Waals surface area contributed by atoms with E-state index >= 15 is 0 Å². The number of thioether (sulfide) groups is 1. The summed E-state index contributed by atoms with van der Waals surface area (Å²) in [5.41, 5.74) is 6.93. The Morgan fingerprint density at radius 2 is 2.17 bits per heavy atom. The van der Waals surface area contributed by atoms with Gasteiger partial charge >= 0.3 is 0 Å². The summed E-state index contributed by atoms with van der Waals surface area (Å²) < 4.78 is 1.52. The quantitative estimate of drug-likeness (QED) is 0.617. The lowest BCUT2D eigenvalue weighted by molar-refractivity contribution is -0.113. The SMILES string of the molecule is Cn1nnnc1SCC(=O)Nc1ccc(N)cc1. The molecule has 3 N–H and O–H groups in total. The van der Waals surface area contributed by atoms with Crippen LogP contribution in [-0.2, 0) is 11.8 Å². The zero-order valence-electron chi connectivity index (χ0n) is 9.70. The highest BCUT2D eigenvalue weighted by molar-refractivity contribution is 7.99. The van der Waals surface area contributed by atoms with Crippen LogP contribution in [0.2, 0.25) is 0 Å². The van der Waals surface area contributed by atoms with Gasteiger partial charge in [-0.3, -0.25) is 4.79 Å². The molecular formula is C10H12N6OS. The minimum Gasteiger partial charge on any atom is -0.399 e. The molecule has 7 nitrogen and oxygen atoms in total. The number of carbonyl (C=O) groups is 1. The summed E-state index contributed by atoms with van der Waals surface area (Å²) in [6, 6.07) is 6.97. The van der Waals surface area contributed by atoms with Gasteiger partial charge in [-0.1, -0.05) is 11.8 Å². The average Bonchev–Trinajstić information content (AvgIpc) is 2.75. The number of nitrogen functional groups attached to an aromatic ring is 1. The molecule has 0 bridgehead atoms. The van der Waals surface area contributed by atoms with Crippen molar-refractivity contribution in [1.82, 2.24) is 20.2 Å². The first-order valence-corrected chi connectivity index (χ1v) is 6.14. The number of hydrogen-bond acceptors (Lipinski definition) is 6. The van der Waals surface area contributed by atoms with Crippen LogP contribution in [0.25, 0.3) is 0 Å². The van der Waals surface area contributed by atoms with Crippen molar-refractivity contribution >= 4 is 29.0 Å². The lowest BCUT2D eigenvalue weighted by Gasteiger charge is -2.04. The van der Waals surface area contributed by atoms with E-state index in [0.717, 1.165) is 0 Å². The summed E-state index contributed by atoms with van der Waals surface area (Å²) in [6.45, 7) is 0. The molecule has 0 spiro atoms. The van der Waals surface area contributed by atoms with Gasteiger partial charge < -0.3 is 11.1 Å². The summed E-state index contributed by atoms with van der Waals surface area (Å²) in [4.78, 5) is 11.7. The van der Waals surface area contributed by atoms with Crippen LogP contribution in [-0.4, -0.2) is 31.9 Å². The van der Waals surface area contributed by atoms with Gasteiger partial charge in [0.2, 0.25) is 11.1 Å². The molecule has 1 aromatic carbocycles. The smallest absolute Gasteiger partial charge is 0.234 e. The molecule has 1 aromatic heterocycles. The topological polar surface area (TPSA) is 98.7 Å². The lowest BCUT2D eigenvalue weighted by Crippen LogP contribution is -2.14. The highest BCUT2D eigenvalue weighted by atomic mass is 32.2. The predicted octanol–water partition coefficient (Wildman–Crippen LogP) is 0.523. The Bertz CT molecular complexity index is 538. The molecular weight excluding hydrogens is 252 g/mol. The standard InChI is InChI=1S/C10H12N6OS/c1-16-10(13-14-15-16)18-6-9(17)12-8-4-2-7(11)3-5-8/h2-5H,6,11H2,1H3,(H,12,17). The Labute approximate surface area is 108 Å². The van der Waals surface area contributed by atoms with Crippen LogP contribution in [0.3, 0.4) is 0 Å². The number of carbonyl (C=O) groups excluding carboxylic acids is 1. The van der Waals surface area contributed by atoms with E-state index in [1.54, 1.807) is 31.3 Å². The van der Waals surface area contributed by atoms with E-state index < -0.39 is 0 Å². The molecule has 8 heteroatoms. The van der Waals surface area contributed by atoms with Crippen LogP contribution in [0.5, 0.6) is 0 Å². The van der Waals surface area contributed by atoms with Gasteiger partial charge in [-0.25, -0.2) is 4.68 Å². The number of nitrogens with two attached hydrogens (primary N) is 1. The summed E-state index contributed by atoms with van der Waals surface area (Å²) in [5, 5.41) is 14.3. The summed E-state index contributed by atoms with van der Waals surface area (Å²) in [6.07, 6.45) is 0. The Hall–Kier alpha value is -2.09. The minimum atomic E-state index is -0.118. The second-order valence-corrected chi connectivity index (χ2v) is 4.49. The van der Waals surface area contributed by atoms with E-state index in [9.17, 15) is 4.79 Å². The minimum absolute atomic E-state index is 0.118. The molecule has 0 radical (unpaired) electrons. The zero-order chi connectivity index (χ0) is 13.0. The van der Waals surface area contributed by atoms with Crippen LogP contribution in [0.1, 0.15) is 0 Å². The van der Waals surface area contributed by atoms with Crippen molar-refractivity contribution in [3.05, 3.63) is 24.3 Å². The predicted molar refractivity (Wildman–Crippen MR) is 69.0 cm³/mol. The van der Waals surface area contributed by atoms with Crippen LogP contribution in [0.4, 0.5) is 11.4 Å². The normalized spacial score (nSPS) is 10.3. The first kappa shape index (κ1) is 12.4. The number of hydrogen-bond donors (Lipinski definition) is 2. The van der Waals surface area contributed by atoms with Crippen molar-refractivity contribution in [2.24, 2.45) is 7.05 Å². The van der Waals surface area contributed by atoms with Gasteiger partial charge in [0.15, 0.2) is 0 Å². The van der Waals surface area contributed by atoms with E-state index in [4.69, 9.17) is 5.73 Å². The molecule has 0 aliphatic carbocycles. The maximum Gasteiger partial charge on any atom is 0.234 e. The van der Waals surface area contributed by atoms with E-state index in [-0.39, 0.29) is 11.7 Å². The Morgan fingerprint density at radius 3 is 2.78 bits per heavy atom. The third kappa shape index (κ3) is 3.20. The molecule has 2 aromatic rings. The molecule has 0 atom stereocenters. The number of rotatable bonds is 4. The fourth-order valence-corrected chi connectivity index (χ4v) is 1.89. The number of aryl methyl sites for hydroxylation is 1. The summed E-state index contributed by atoms with van der Waals surface area (Å²) >= 11 is 1.27. The Kier molecular flexibility index (Phi) is 3.78. The van der Waals surface area contributed by atoms with Crippen molar-refractivity contribution in [2.75, 3.05) is 16.8 Å². The zero-order valence-corrected chi connectivity index (χ0v) is 10.5. The van der Waals surface area contributed by atoms with Crippen molar-refractivity contribution in [2.45, 2.75) is 5.16 Å². The van der Waals surface area contributed by atoms with Gasteiger partial charge in [0, 0.05) is 18.4 Å². The van der Waals surface area contributed by atoms with Gasteiger partial charge in [0.25, 0.3) is 0 Å². The van der Waals surface area contributed by atoms with Gasteiger partial charge in [0.1, 0.15) is 0 Å². The van der Waals surface area contributed by atoms with Crippen LogP contribution in [0.15, 0.2) is 29.4 Å². The van der Waals surface area contributed by atoms with Gasteiger partial charge in [0.05, 0.1) is 5.75 Å². The lowest BCUT2D eigenvalue weighted by atomic mass is 10.3. The number of anilines is 2. The molecule has 2 rings (SSSR count).